The lowest BCUT2D eigenvalue weighted by atomic mass is 10.2. The van der Waals surface area contributed by atoms with Gasteiger partial charge in [-0.25, -0.2) is 4.68 Å². The quantitative estimate of drug-likeness (QED) is 0.381. The van der Waals surface area contributed by atoms with Gasteiger partial charge in [0.15, 0.2) is 11.5 Å². The molecule has 4 aromatic rings. The molecule has 0 saturated carbocycles. The summed E-state index contributed by atoms with van der Waals surface area (Å²) in [5.74, 6) is 2.82. The van der Waals surface area contributed by atoms with Crippen LogP contribution in [0.5, 0.6) is 17.2 Å². The molecule has 34 heavy (non-hydrogen) atoms. The van der Waals surface area contributed by atoms with E-state index in [2.05, 4.69) is 25.9 Å². The number of amides is 1. The molecule has 0 atom stereocenters. The Morgan fingerprint density at radius 1 is 0.971 bits per heavy atom. The molecule has 0 aliphatic carbocycles. The summed E-state index contributed by atoms with van der Waals surface area (Å²) < 4.78 is 19.3. The van der Waals surface area contributed by atoms with Crippen molar-refractivity contribution >= 4 is 11.7 Å². The zero-order valence-electron chi connectivity index (χ0n) is 19.1. The summed E-state index contributed by atoms with van der Waals surface area (Å²) in [4.78, 5) is 12.7. The fourth-order valence-electron chi connectivity index (χ4n) is 3.48. The Hall–Kier alpha value is -4.41. The lowest BCUT2D eigenvalue weighted by molar-refractivity contribution is -0.116. The second-order valence-corrected chi connectivity index (χ2v) is 7.29. The fourth-order valence-corrected chi connectivity index (χ4v) is 3.48. The highest BCUT2D eigenvalue weighted by Crippen LogP contribution is 2.32. The lowest BCUT2D eigenvalue weighted by Gasteiger charge is -2.13. The fraction of sp³-hybridized carbons (Fsp3) is 0.261. The Balaban J connectivity index is 1.42. The molecule has 1 amide bonds. The van der Waals surface area contributed by atoms with E-state index in [1.165, 1.54) is 4.68 Å². The minimum Gasteiger partial charge on any atom is -0.497 e. The SMILES string of the molecule is COc1ccc(Cn2nccc2NC(=O)CCc2nnnn2-c2c(OC)cccc2OC)cc1. The van der Waals surface area contributed by atoms with Gasteiger partial charge in [-0.15, -0.1) is 5.10 Å². The van der Waals surface area contributed by atoms with Crippen molar-refractivity contribution in [3.05, 3.63) is 66.1 Å². The van der Waals surface area contributed by atoms with Crippen LogP contribution in [0, 0.1) is 0 Å². The molecule has 1 N–H and O–H groups in total. The van der Waals surface area contributed by atoms with Crippen LogP contribution in [0.3, 0.4) is 0 Å². The zero-order chi connectivity index (χ0) is 23.9. The molecule has 2 aromatic carbocycles. The standard InChI is InChI=1S/C23H25N7O4/c1-32-17-9-7-16(8-10-17)15-29-20(13-14-24-29)25-22(31)12-11-21-26-27-28-30(21)23-18(33-2)5-4-6-19(23)34-3/h4-10,13-14H,11-12,15H2,1-3H3,(H,25,31). The molecule has 0 saturated heterocycles. The second kappa shape index (κ2) is 10.5. The average Bonchev–Trinajstić information content (AvgIpc) is 3.51. The van der Waals surface area contributed by atoms with Gasteiger partial charge in [0.25, 0.3) is 0 Å². The van der Waals surface area contributed by atoms with Crippen molar-refractivity contribution in [2.24, 2.45) is 0 Å². The maximum Gasteiger partial charge on any atom is 0.225 e. The Morgan fingerprint density at radius 2 is 1.71 bits per heavy atom. The number of carbonyl (C=O) groups is 1. The number of tetrazole rings is 1. The smallest absolute Gasteiger partial charge is 0.225 e. The van der Waals surface area contributed by atoms with Gasteiger partial charge in [0.2, 0.25) is 5.91 Å². The Labute approximate surface area is 196 Å². The van der Waals surface area contributed by atoms with Gasteiger partial charge in [-0.2, -0.15) is 9.78 Å². The first-order chi connectivity index (χ1) is 16.6. The van der Waals surface area contributed by atoms with E-state index in [1.54, 1.807) is 50.4 Å². The van der Waals surface area contributed by atoms with E-state index in [0.29, 0.717) is 41.8 Å². The summed E-state index contributed by atoms with van der Waals surface area (Å²) in [5.41, 5.74) is 1.61. The minimum atomic E-state index is -0.182. The first kappa shape index (κ1) is 22.8. The first-order valence-electron chi connectivity index (χ1n) is 10.6. The maximum atomic E-state index is 12.7. The van der Waals surface area contributed by atoms with E-state index in [4.69, 9.17) is 14.2 Å². The summed E-state index contributed by atoms with van der Waals surface area (Å²) >= 11 is 0. The van der Waals surface area contributed by atoms with E-state index in [9.17, 15) is 4.79 Å². The van der Waals surface area contributed by atoms with Crippen LogP contribution >= 0.6 is 0 Å². The molecule has 11 heteroatoms. The highest BCUT2D eigenvalue weighted by Gasteiger charge is 2.19. The highest BCUT2D eigenvalue weighted by molar-refractivity contribution is 5.89. The van der Waals surface area contributed by atoms with Crippen molar-refractivity contribution in [2.45, 2.75) is 19.4 Å². The van der Waals surface area contributed by atoms with Crippen LogP contribution in [0.25, 0.3) is 5.69 Å². The molecule has 0 aliphatic heterocycles. The molecule has 4 rings (SSSR count). The molecule has 0 bridgehead atoms. The number of ether oxygens (including phenoxy) is 3. The first-order valence-corrected chi connectivity index (χ1v) is 10.6. The molecule has 0 aliphatic rings. The number of rotatable bonds is 10. The van der Waals surface area contributed by atoms with Gasteiger partial charge in [0, 0.05) is 18.9 Å². The molecular formula is C23H25N7O4. The molecule has 0 fully saturated rings. The molecule has 2 aromatic heterocycles. The van der Waals surface area contributed by atoms with Crippen LogP contribution in [-0.2, 0) is 17.8 Å². The molecule has 176 valence electrons. The third-order valence-corrected chi connectivity index (χ3v) is 5.20. The van der Waals surface area contributed by atoms with Gasteiger partial charge in [-0.1, -0.05) is 18.2 Å². The van der Waals surface area contributed by atoms with Crippen LogP contribution in [0.15, 0.2) is 54.7 Å². The number of nitrogens with zero attached hydrogens (tertiary/aromatic N) is 6. The molecule has 0 radical (unpaired) electrons. The number of methoxy groups -OCH3 is 3. The monoisotopic (exact) mass is 463 g/mol. The van der Waals surface area contributed by atoms with Crippen LogP contribution in [0.2, 0.25) is 0 Å². The number of hydrogen-bond donors (Lipinski definition) is 1. The molecule has 2 heterocycles. The number of nitrogens with one attached hydrogen (secondary N) is 1. The average molecular weight is 463 g/mol. The van der Waals surface area contributed by atoms with Gasteiger partial charge in [0.1, 0.15) is 23.1 Å². The molecule has 0 unspecified atom stereocenters. The zero-order valence-corrected chi connectivity index (χ0v) is 19.1. The summed E-state index contributed by atoms with van der Waals surface area (Å²) in [5, 5.41) is 19.2. The van der Waals surface area contributed by atoms with Crippen molar-refractivity contribution in [1.82, 2.24) is 30.0 Å². The van der Waals surface area contributed by atoms with Crippen molar-refractivity contribution in [2.75, 3.05) is 26.6 Å². The minimum absolute atomic E-state index is 0.172. The number of benzene rings is 2. The Kier molecular flexibility index (Phi) is 7.01. The highest BCUT2D eigenvalue weighted by atomic mass is 16.5. The topological polar surface area (TPSA) is 118 Å². The van der Waals surface area contributed by atoms with E-state index in [-0.39, 0.29) is 12.3 Å². The maximum absolute atomic E-state index is 12.7. The van der Waals surface area contributed by atoms with Crippen molar-refractivity contribution in [3.8, 4) is 22.9 Å². The summed E-state index contributed by atoms with van der Waals surface area (Å²) in [6.07, 6.45) is 2.13. The van der Waals surface area contributed by atoms with Gasteiger partial charge < -0.3 is 19.5 Å². The molecular weight excluding hydrogens is 438 g/mol. The molecule has 0 spiro atoms. The summed E-state index contributed by atoms with van der Waals surface area (Å²) in [6.45, 7) is 0.512. The third-order valence-electron chi connectivity index (χ3n) is 5.20. The number of carbonyl (C=O) groups excluding carboxylic acids is 1. The summed E-state index contributed by atoms with van der Waals surface area (Å²) in [6, 6.07) is 14.8. The number of anilines is 1. The van der Waals surface area contributed by atoms with E-state index >= 15 is 0 Å². The van der Waals surface area contributed by atoms with Gasteiger partial charge in [-0.3, -0.25) is 4.79 Å². The third kappa shape index (κ3) is 4.98. The van der Waals surface area contributed by atoms with Gasteiger partial charge >= 0.3 is 0 Å². The van der Waals surface area contributed by atoms with Crippen LogP contribution in [-0.4, -0.2) is 57.2 Å². The predicted molar refractivity (Wildman–Crippen MR) is 124 cm³/mol. The van der Waals surface area contributed by atoms with E-state index in [0.717, 1.165) is 11.3 Å². The number of aromatic nitrogens is 6. The van der Waals surface area contributed by atoms with Crippen LogP contribution in [0.4, 0.5) is 5.82 Å². The van der Waals surface area contributed by atoms with E-state index in [1.807, 2.05) is 30.3 Å². The van der Waals surface area contributed by atoms with E-state index < -0.39 is 0 Å². The Morgan fingerprint density at radius 3 is 2.38 bits per heavy atom. The normalized spacial score (nSPS) is 10.7. The van der Waals surface area contributed by atoms with Crippen LogP contribution < -0.4 is 19.5 Å². The number of aryl methyl sites for hydroxylation is 1. The second-order valence-electron chi connectivity index (χ2n) is 7.29. The van der Waals surface area contributed by atoms with Gasteiger partial charge in [-0.05, 0) is 40.3 Å². The number of para-hydroxylation sites is 1. The predicted octanol–water partition coefficient (Wildman–Crippen LogP) is 2.50. The van der Waals surface area contributed by atoms with Gasteiger partial charge in [0.05, 0.1) is 34.1 Å². The molecule has 11 nitrogen and oxygen atoms in total. The summed E-state index contributed by atoms with van der Waals surface area (Å²) in [7, 11) is 4.75. The van der Waals surface area contributed by atoms with Crippen molar-refractivity contribution < 1.29 is 19.0 Å². The van der Waals surface area contributed by atoms with Crippen molar-refractivity contribution in [1.29, 1.82) is 0 Å². The van der Waals surface area contributed by atoms with Crippen molar-refractivity contribution in [3.63, 3.8) is 0 Å². The van der Waals surface area contributed by atoms with Crippen LogP contribution in [0.1, 0.15) is 17.8 Å². The number of hydrogen-bond acceptors (Lipinski definition) is 8. The lowest BCUT2D eigenvalue weighted by Crippen LogP contribution is -2.17. The Bertz CT molecular complexity index is 1230. The largest absolute Gasteiger partial charge is 0.497 e.